The van der Waals surface area contributed by atoms with Crippen LogP contribution in [-0.2, 0) is 12.6 Å². The number of ketones is 1. The van der Waals surface area contributed by atoms with Gasteiger partial charge in [0.2, 0.25) is 0 Å². The minimum atomic E-state index is -4.51. The van der Waals surface area contributed by atoms with Crippen LogP contribution in [0.4, 0.5) is 13.2 Å². The number of hydrogen-bond donors (Lipinski definition) is 0. The highest BCUT2D eigenvalue weighted by molar-refractivity contribution is 7.13. The molecule has 0 fully saturated rings. The van der Waals surface area contributed by atoms with Gasteiger partial charge in [-0.1, -0.05) is 6.07 Å². The van der Waals surface area contributed by atoms with Crippen LogP contribution in [0.3, 0.4) is 0 Å². The van der Waals surface area contributed by atoms with Gasteiger partial charge in [0.05, 0.1) is 11.3 Å². The Morgan fingerprint density at radius 2 is 2.06 bits per heavy atom. The van der Waals surface area contributed by atoms with Gasteiger partial charge in [-0.05, 0) is 12.1 Å². The summed E-state index contributed by atoms with van der Waals surface area (Å²) in [5.41, 5.74) is 0.518. The third kappa shape index (κ3) is 2.92. The molecule has 0 N–H and O–H groups in total. The molecule has 18 heavy (non-hydrogen) atoms. The molecule has 0 aliphatic rings. The number of Topliss-reactive ketones (excluding diaryl/α,β-unsaturated/α-hetero) is 1. The van der Waals surface area contributed by atoms with E-state index in [0.29, 0.717) is 17.0 Å². The average Bonchev–Trinajstić information content (AvgIpc) is 2.79. The Hall–Kier alpha value is -1.76. The van der Waals surface area contributed by atoms with Crippen LogP contribution in [0.25, 0.3) is 0 Å². The molecule has 0 saturated carbocycles. The van der Waals surface area contributed by atoms with E-state index in [9.17, 15) is 18.0 Å². The summed E-state index contributed by atoms with van der Waals surface area (Å²) in [5, 5.41) is -1.01. The van der Waals surface area contributed by atoms with Gasteiger partial charge in [0, 0.05) is 18.1 Å². The molecular weight excluding hydrogens is 265 g/mol. The molecule has 0 spiro atoms. The number of carbonyl (C=O) groups is 1. The SMILES string of the molecule is O=C(Cc1ccccn1)c1cnc(C(F)(F)F)s1. The number of rotatable bonds is 3. The quantitative estimate of drug-likeness (QED) is 0.807. The van der Waals surface area contributed by atoms with Crippen molar-refractivity contribution in [1.29, 1.82) is 0 Å². The number of hydrogen-bond acceptors (Lipinski definition) is 4. The fourth-order valence-corrected chi connectivity index (χ4v) is 2.01. The predicted molar refractivity (Wildman–Crippen MR) is 59.4 cm³/mol. The predicted octanol–water partition coefficient (Wildman–Crippen LogP) is 2.98. The van der Waals surface area contributed by atoms with E-state index < -0.39 is 17.0 Å². The van der Waals surface area contributed by atoms with Crippen LogP contribution in [0.2, 0.25) is 0 Å². The maximum absolute atomic E-state index is 12.3. The first-order chi connectivity index (χ1) is 8.47. The summed E-state index contributed by atoms with van der Waals surface area (Å²) in [6.07, 6.45) is -2.05. The van der Waals surface area contributed by atoms with E-state index in [0.717, 1.165) is 6.20 Å². The number of thiazole rings is 1. The molecule has 0 bridgehead atoms. The van der Waals surface area contributed by atoms with Gasteiger partial charge < -0.3 is 0 Å². The van der Waals surface area contributed by atoms with Gasteiger partial charge in [-0.25, -0.2) is 4.98 Å². The lowest BCUT2D eigenvalue weighted by Gasteiger charge is -1.99. The smallest absolute Gasteiger partial charge is 0.293 e. The van der Waals surface area contributed by atoms with Crippen molar-refractivity contribution in [2.75, 3.05) is 0 Å². The van der Waals surface area contributed by atoms with Crippen molar-refractivity contribution in [3.8, 4) is 0 Å². The minimum absolute atomic E-state index is 0.00650. The van der Waals surface area contributed by atoms with Gasteiger partial charge in [0.25, 0.3) is 0 Å². The molecule has 0 aromatic carbocycles. The molecule has 7 heteroatoms. The second-order valence-corrected chi connectivity index (χ2v) is 4.48. The first-order valence-electron chi connectivity index (χ1n) is 4.93. The summed E-state index contributed by atoms with van der Waals surface area (Å²) < 4.78 is 36.9. The average molecular weight is 272 g/mol. The number of aromatic nitrogens is 2. The van der Waals surface area contributed by atoms with Crippen molar-refractivity contribution in [2.45, 2.75) is 12.6 Å². The molecule has 0 aliphatic heterocycles. The Labute approximate surface area is 104 Å². The largest absolute Gasteiger partial charge is 0.443 e. The summed E-state index contributed by atoms with van der Waals surface area (Å²) in [6, 6.07) is 5.05. The molecule has 2 rings (SSSR count). The molecular formula is C11H7F3N2OS. The van der Waals surface area contributed by atoms with Gasteiger partial charge in [-0.15, -0.1) is 11.3 Å². The summed E-state index contributed by atoms with van der Waals surface area (Å²) in [7, 11) is 0. The zero-order chi connectivity index (χ0) is 13.2. The Balaban J connectivity index is 2.13. The second-order valence-electron chi connectivity index (χ2n) is 3.45. The third-order valence-electron chi connectivity index (χ3n) is 2.09. The number of alkyl halides is 3. The highest BCUT2D eigenvalue weighted by Gasteiger charge is 2.35. The van der Waals surface area contributed by atoms with Crippen LogP contribution < -0.4 is 0 Å². The summed E-state index contributed by atoms with van der Waals surface area (Å²) in [6.45, 7) is 0. The molecule has 0 unspecified atom stereocenters. The monoisotopic (exact) mass is 272 g/mol. The molecule has 2 aromatic heterocycles. The van der Waals surface area contributed by atoms with E-state index in [1.54, 1.807) is 18.2 Å². The van der Waals surface area contributed by atoms with E-state index in [1.165, 1.54) is 6.20 Å². The van der Waals surface area contributed by atoms with E-state index >= 15 is 0 Å². The van der Waals surface area contributed by atoms with Crippen LogP contribution in [-0.4, -0.2) is 15.8 Å². The lowest BCUT2D eigenvalue weighted by Crippen LogP contribution is -2.03. The van der Waals surface area contributed by atoms with E-state index in [-0.39, 0.29) is 11.3 Å². The Morgan fingerprint density at radius 3 is 2.61 bits per heavy atom. The summed E-state index contributed by atoms with van der Waals surface area (Å²) >= 11 is 0.354. The summed E-state index contributed by atoms with van der Waals surface area (Å²) in [4.78, 5) is 18.9. The first kappa shape index (κ1) is 12.7. The number of nitrogens with zero attached hydrogens (tertiary/aromatic N) is 2. The number of halogens is 3. The standard InChI is InChI=1S/C11H7F3N2OS/c12-11(13,14)10-16-6-9(18-10)8(17)5-7-3-1-2-4-15-7/h1-4,6H,5H2. The van der Waals surface area contributed by atoms with Gasteiger partial charge >= 0.3 is 6.18 Å². The normalized spacial score (nSPS) is 11.5. The topological polar surface area (TPSA) is 42.9 Å². The van der Waals surface area contributed by atoms with Crippen LogP contribution in [0.1, 0.15) is 20.4 Å². The molecule has 0 radical (unpaired) electrons. The lowest BCUT2D eigenvalue weighted by atomic mass is 10.2. The zero-order valence-corrected chi connectivity index (χ0v) is 9.76. The van der Waals surface area contributed by atoms with Crippen molar-refractivity contribution in [2.24, 2.45) is 0 Å². The first-order valence-corrected chi connectivity index (χ1v) is 5.74. The molecule has 2 heterocycles. The van der Waals surface area contributed by atoms with Crippen molar-refractivity contribution in [3.05, 3.63) is 46.2 Å². The molecule has 94 valence electrons. The lowest BCUT2D eigenvalue weighted by molar-refractivity contribution is -0.137. The van der Waals surface area contributed by atoms with E-state index in [1.807, 2.05) is 0 Å². The minimum Gasteiger partial charge on any atom is -0.293 e. The van der Waals surface area contributed by atoms with Gasteiger partial charge in [0.15, 0.2) is 10.8 Å². The second kappa shape index (κ2) is 4.85. The summed E-state index contributed by atoms with van der Waals surface area (Å²) in [5.74, 6) is -0.415. The molecule has 0 atom stereocenters. The van der Waals surface area contributed by atoms with E-state index in [4.69, 9.17) is 0 Å². The maximum Gasteiger partial charge on any atom is 0.443 e. The van der Waals surface area contributed by atoms with Crippen molar-refractivity contribution in [1.82, 2.24) is 9.97 Å². The van der Waals surface area contributed by atoms with Gasteiger partial charge in [-0.3, -0.25) is 9.78 Å². The Morgan fingerprint density at radius 1 is 1.28 bits per heavy atom. The third-order valence-corrected chi connectivity index (χ3v) is 3.17. The highest BCUT2D eigenvalue weighted by atomic mass is 32.1. The van der Waals surface area contributed by atoms with Crippen LogP contribution in [0, 0.1) is 0 Å². The van der Waals surface area contributed by atoms with Gasteiger partial charge in [-0.2, -0.15) is 13.2 Å². The maximum atomic E-state index is 12.3. The number of carbonyl (C=O) groups excluding carboxylic acids is 1. The molecule has 0 aliphatic carbocycles. The molecule has 0 amide bonds. The van der Waals surface area contributed by atoms with Crippen LogP contribution >= 0.6 is 11.3 Å². The number of pyridine rings is 1. The van der Waals surface area contributed by atoms with Crippen molar-refractivity contribution in [3.63, 3.8) is 0 Å². The van der Waals surface area contributed by atoms with Crippen molar-refractivity contribution >= 4 is 17.1 Å². The van der Waals surface area contributed by atoms with Crippen LogP contribution in [0.5, 0.6) is 0 Å². The zero-order valence-electron chi connectivity index (χ0n) is 8.94. The molecule has 0 saturated heterocycles. The van der Waals surface area contributed by atoms with Gasteiger partial charge in [0.1, 0.15) is 0 Å². The fraction of sp³-hybridized carbons (Fsp3) is 0.182. The fourth-order valence-electron chi connectivity index (χ4n) is 1.29. The van der Waals surface area contributed by atoms with Crippen molar-refractivity contribution < 1.29 is 18.0 Å². The van der Waals surface area contributed by atoms with E-state index in [2.05, 4.69) is 9.97 Å². The van der Waals surface area contributed by atoms with Crippen LogP contribution in [0.15, 0.2) is 30.6 Å². The molecule has 3 nitrogen and oxygen atoms in total. The highest BCUT2D eigenvalue weighted by Crippen LogP contribution is 2.32. The Bertz CT molecular complexity index is 551. The Kier molecular flexibility index (Phi) is 3.42. The molecule has 2 aromatic rings.